The topological polar surface area (TPSA) is 70.6 Å². The van der Waals surface area contributed by atoms with E-state index in [0.717, 1.165) is 22.9 Å². The maximum absolute atomic E-state index is 12.3. The lowest BCUT2D eigenvalue weighted by molar-refractivity contribution is -0.122. The first kappa shape index (κ1) is 17.5. The molecule has 0 aromatic heterocycles. The molecule has 6 heteroatoms. The summed E-state index contributed by atoms with van der Waals surface area (Å²) in [5.41, 5.74) is 0.737. The zero-order valence-corrected chi connectivity index (χ0v) is 15.1. The van der Waals surface area contributed by atoms with Gasteiger partial charge in [0.05, 0.1) is 0 Å². The minimum atomic E-state index is -0.428. The van der Waals surface area contributed by atoms with Gasteiger partial charge < -0.3 is 10.6 Å². The van der Waals surface area contributed by atoms with Gasteiger partial charge in [-0.1, -0.05) is 49.0 Å². The standard InChI is InChI=1S/C19H21N3O2S/c1-3-12(2)20-19-22-18(24)16(25-19)11-17(23)21-15-9-8-13-6-4-5-7-14(13)10-15/h4-10,12,16H,3,11H2,1-2H3,(H,21,23)(H,20,22,24)/t12-,16+/m1/s1. The van der Waals surface area contributed by atoms with Crippen LogP contribution in [-0.2, 0) is 9.59 Å². The molecule has 1 aliphatic rings. The Hall–Kier alpha value is -2.34. The average Bonchev–Trinajstić information content (AvgIpc) is 2.93. The van der Waals surface area contributed by atoms with Crippen LogP contribution >= 0.6 is 11.8 Å². The Bertz CT molecular complexity index is 834. The van der Waals surface area contributed by atoms with E-state index >= 15 is 0 Å². The fourth-order valence-corrected chi connectivity index (χ4v) is 3.61. The van der Waals surface area contributed by atoms with Crippen LogP contribution in [0.3, 0.4) is 0 Å². The highest BCUT2D eigenvalue weighted by Gasteiger charge is 2.32. The molecule has 0 radical (unpaired) electrons. The number of benzene rings is 2. The van der Waals surface area contributed by atoms with Crippen LogP contribution in [0.5, 0.6) is 0 Å². The molecule has 2 amide bonds. The molecule has 25 heavy (non-hydrogen) atoms. The van der Waals surface area contributed by atoms with Crippen molar-refractivity contribution >= 4 is 45.2 Å². The van der Waals surface area contributed by atoms with Crippen LogP contribution in [0, 0.1) is 0 Å². The van der Waals surface area contributed by atoms with Crippen molar-refractivity contribution in [1.82, 2.24) is 5.32 Å². The first-order valence-electron chi connectivity index (χ1n) is 8.39. The van der Waals surface area contributed by atoms with Gasteiger partial charge in [0.1, 0.15) is 5.25 Å². The first-order chi connectivity index (χ1) is 12.0. The minimum absolute atomic E-state index is 0.128. The third kappa shape index (κ3) is 4.39. The van der Waals surface area contributed by atoms with E-state index in [0.29, 0.717) is 5.17 Å². The smallest absolute Gasteiger partial charge is 0.240 e. The molecule has 0 unspecified atom stereocenters. The highest BCUT2D eigenvalue weighted by molar-refractivity contribution is 8.15. The van der Waals surface area contributed by atoms with Crippen molar-refractivity contribution in [2.45, 2.75) is 38.0 Å². The number of fused-ring (bicyclic) bond motifs is 1. The molecule has 2 N–H and O–H groups in total. The molecule has 1 saturated heterocycles. The molecule has 0 bridgehead atoms. The molecular weight excluding hydrogens is 334 g/mol. The number of amides is 2. The number of thioether (sulfide) groups is 1. The molecule has 1 fully saturated rings. The zero-order valence-electron chi connectivity index (χ0n) is 14.3. The number of nitrogens with zero attached hydrogens (tertiary/aromatic N) is 1. The van der Waals surface area contributed by atoms with Gasteiger partial charge in [0.25, 0.3) is 0 Å². The molecule has 2 atom stereocenters. The predicted octanol–water partition coefficient (Wildman–Crippen LogP) is 3.55. The fourth-order valence-electron chi connectivity index (χ4n) is 2.54. The van der Waals surface area contributed by atoms with Crippen molar-refractivity contribution in [2.75, 3.05) is 5.32 Å². The van der Waals surface area contributed by atoms with Crippen molar-refractivity contribution in [3.8, 4) is 0 Å². The lowest BCUT2D eigenvalue weighted by atomic mass is 10.1. The summed E-state index contributed by atoms with van der Waals surface area (Å²) in [5, 5.41) is 8.01. The third-order valence-electron chi connectivity index (χ3n) is 4.11. The third-order valence-corrected chi connectivity index (χ3v) is 5.20. The van der Waals surface area contributed by atoms with Crippen LogP contribution in [0.1, 0.15) is 26.7 Å². The molecule has 3 rings (SSSR count). The lowest BCUT2D eigenvalue weighted by Crippen LogP contribution is -2.28. The van der Waals surface area contributed by atoms with Gasteiger partial charge >= 0.3 is 0 Å². The Morgan fingerprint density at radius 2 is 2.04 bits per heavy atom. The summed E-state index contributed by atoms with van der Waals surface area (Å²) in [6.07, 6.45) is 1.04. The van der Waals surface area contributed by atoms with E-state index in [1.54, 1.807) is 0 Å². The molecule has 0 saturated carbocycles. The summed E-state index contributed by atoms with van der Waals surface area (Å²) in [5.74, 6) is -0.326. The monoisotopic (exact) mass is 355 g/mol. The summed E-state index contributed by atoms with van der Waals surface area (Å²) in [6.45, 7) is 4.05. The SMILES string of the molecule is CC[C@@H](C)N=C1NC(=O)[C@H](CC(=O)Nc2ccc3ccccc3c2)S1. The van der Waals surface area contributed by atoms with Gasteiger partial charge in [0.15, 0.2) is 5.17 Å². The number of amidine groups is 1. The van der Waals surface area contributed by atoms with Gasteiger partial charge in [-0.3, -0.25) is 14.6 Å². The van der Waals surface area contributed by atoms with Crippen molar-refractivity contribution in [2.24, 2.45) is 4.99 Å². The molecule has 0 spiro atoms. The normalized spacial score (nSPS) is 19.8. The molecular formula is C19H21N3O2S. The fraction of sp³-hybridized carbons (Fsp3) is 0.316. The minimum Gasteiger partial charge on any atom is -0.326 e. The second kappa shape index (κ2) is 7.70. The van der Waals surface area contributed by atoms with Crippen molar-refractivity contribution in [3.05, 3.63) is 42.5 Å². The van der Waals surface area contributed by atoms with E-state index < -0.39 is 5.25 Å². The molecule has 1 heterocycles. The molecule has 2 aromatic carbocycles. The number of hydrogen-bond donors (Lipinski definition) is 2. The quantitative estimate of drug-likeness (QED) is 0.861. The zero-order chi connectivity index (χ0) is 17.8. The molecule has 2 aromatic rings. The summed E-state index contributed by atoms with van der Waals surface area (Å²) >= 11 is 1.33. The Kier molecular flexibility index (Phi) is 5.38. The van der Waals surface area contributed by atoms with Crippen LogP contribution in [0.4, 0.5) is 5.69 Å². The van der Waals surface area contributed by atoms with E-state index in [4.69, 9.17) is 0 Å². The first-order valence-corrected chi connectivity index (χ1v) is 9.27. The van der Waals surface area contributed by atoms with E-state index in [2.05, 4.69) is 15.6 Å². The van der Waals surface area contributed by atoms with Crippen LogP contribution in [0.2, 0.25) is 0 Å². The molecule has 1 aliphatic heterocycles. The number of hydrogen-bond acceptors (Lipinski definition) is 4. The Morgan fingerprint density at radius 3 is 2.80 bits per heavy atom. The van der Waals surface area contributed by atoms with Gasteiger partial charge in [0.2, 0.25) is 11.8 Å². The van der Waals surface area contributed by atoms with Gasteiger partial charge in [-0.15, -0.1) is 0 Å². The number of anilines is 1. The Morgan fingerprint density at radius 1 is 1.28 bits per heavy atom. The Labute approximate surface area is 151 Å². The van der Waals surface area contributed by atoms with Gasteiger partial charge in [-0.05, 0) is 36.2 Å². The maximum atomic E-state index is 12.3. The predicted molar refractivity (Wildman–Crippen MR) is 104 cm³/mol. The van der Waals surface area contributed by atoms with E-state index in [1.807, 2.05) is 56.3 Å². The van der Waals surface area contributed by atoms with Crippen molar-refractivity contribution < 1.29 is 9.59 Å². The van der Waals surface area contributed by atoms with Crippen molar-refractivity contribution in [1.29, 1.82) is 0 Å². The van der Waals surface area contributed by atoms with Gasteiger partial charge in [0, 0.05) is 18.2 Å². The second-order valence-corrected chi connectivity index (χ2v) is 7.29. The number of rotatable bonds is 5. The van der Waals surface area contributed by atoms with Crippen molar-refractivity contribution in [3.63, 3.8) is 0 Å². The summed E-state index contributed by atoms with van der Waals surface area (Å²) < 4.78 is 0. The number of carbonyl (C=O) groups excluding carboxylic acids is 2. The average molecular weight is 355 g/mol. The Balaban J connectivity index is 1.62. The van der Waals surface area contributed by atoms with E-state index in [1.165, 1.54) is 11.8 Å². The second-order valence-electron chi connectivity index (χ2n) is 6.10. The highest BCUT2D eigenvalue weighted by Crippen LogP contribution is 2.24. The summed E-state index contributed by atoms with van der Waals surface area (Å²) in [7, 11) is 0. The lowest BCUT2D eigenvalue weighted by Gasteiger charge is -2.08. The van der Waals surface area contributed by atoms with E-state index in [-0.39, 0.29) is 24.3 Å². The highest BCUT2D eigenvalue weighted by atomic mass is 32.2. The van der Waals surface area contributed by atoms with Gasteiger partial charge in [-0.2, -0.15) is 0 Å². The van der Waals surface area contributed by atoms with Gasteiger partial charge in [-0.25, -0.2) is 0 Å². The maximum Gasteiger partial charge on any atom is 0.240 e. The van der Waals surface area contributed by atoms with E-state index in [9.17, 15) is 9.59 Å². The summed E-state index contributed by atoms with van der Waals surface area (Å²) in [4.78, 5) is 28.8. The van der Waals surface area contributed by atoms with Crippen LogP contribution < -0.4 is 10.6 Å². The largest absolute Gasteiger partial charge is 0.326 e. The molecule has 5 nitrogen and oxygen atoms in total. The summed E-state index contributed by atoms with van der Waals surface area (Å²) in [6, 6.07) is 13.9. The number of carbonyl (C=O) groups is 2. The number of aliphatic imine (C=N–C) groups is 1. The number of nitrogens with one attached hydrogen (secondary N) is 2. The van der Waals surface area contributed by atoms with Crippen LogP contribution in [0.15, 0.2) is 47.5 Å². The van der Waals surface area contributed by atoms with Crippen LogP contribution in [0.25, 0.3) is 10.8 Å². The van der Waals surface area contributed by atoms with Crippen LogP contribution in [-0.4, -0.2) is 28.3 Å². The molecule has 0 aliphatic carbocycles. The molecule has 130 valence electrons.